The molecule has 6 nitrogen and oxygen atoms in total. The van der Waals surface area contributed by atoms with Crippen LogP contribution in [0.1, 0.15) is 76.7 Å². The maximum Gasteiger partial charge on any atom is 0.412 e. The van der Waals surface area contributed by atoms with E-state index in [4.69, 9.17) is 4.74 Å². The van der Waals surface area contributed by atoms with E-state index in [1.807, 2.05) is 72.8 Å². The van der Waals surface area contributed by atoms with Crippen LogP contribution in [0.15, 0.2) is 84.9 Å². The van der Waals surface area contributed by atoms with Crippen LogP contribution < -0.4 is 5.32 Å². The number of carbonyl (C=O) groups is 1. The molecule has 236 valence electrons. The first-order valence-corrected chi connectivity index (χ1v) is 16.8. The lowest BCUT2D eigenvalue weighted by Crippen LogP contribution is -2.46. The third-order valence-corrected chi connectivity index (χ3v) is 9.69. The number of hydrogen-bond donors (Lipinski definition) is 2. The molecule has 2 N–H and O–H groups in total. The summed E-state index contributed by atoms with van der Waals surface area (Å²) in [5.41, 5.74) is 2.81. The zero-order chi connectivity index (χ0) is 30.7. The van der Waals surface area contributed by atoms with Crippen molar-refractivity contribution in [1.29, 1.82) is 0 Å². The maximum atomic E-state index is 12.9. The highest BCUT2D eigenvalue weighted by Gasteiger charge is 2.34. The predicted octanol–water partition coefficient (Wildman–Crippen LogP) is 8.08. The normalized spacial score (nSPS) is 18.5. The molecule has 0 aliphatic carbocycles. The van der Waals surface area contributed by atoms with Gasteiger partial charge in [-0.2, -0.15) is 0 Å². The van der Waals surface area contributed by atoms with Gasteiger partial charge in [-0.3, -0.25) is 5.32 Å². The number of benzene rings is 3. The van der Waals surface area contributed by atoms with Crippen LogP contribution in [0, 0.1) is 0 Å². The average molecular weight is 598 g/mol. The molecule has 44 heavy (non-hydrogen) atoms. The second-order valence-corrected chi connectivity index (χ2v) is 13.1. The number of rotatable bonds is 13. The Morgan fingerprint density at radius 1 is 0.705 bits per heavy atom. The third-order valence-electron chi connectivity index (χ3n) is 9.69. The first kappa shape index (κ1) is 32.2. The lowest BCUT2D eigenvalue weighted by Gasteiger charge is -2.38. The summed E-state index contributed by atoms with van der Waals surface area (Å²) in [6, 6.07) is 28.1. The lowest BCUT2D eigenvalue weighted by atomic mass is 9.84. The molecule has 0 unspecified atom stereocenters. The van der Waals surface area contributed by atoms with Gasteiger partial charge < -0.3 is 19.6 Å². The van der Waals surface area contributed by atoms with Crippen molar-refractivity contribution in [2.75, 3.05) is 44.6 Å². The van der Waals surface area contributed by atoms with Gasteiger partial charge in [0.1, 0.15) is 5.60 Å². The molecule has 0 saturated carbocycles. The second kappa shape index (κ2) is 15.7. The average Bonchev–Trinajstić information content (AvgIpc) is 3.05. The summed E-state index contributed by atoms with van der Waals surface area (Å²) in [5.74, 6) is 0. The smallest absolute Gasteiger partial charge is 0.412 e. The van der Waals surface area contributed by atoms with E-state index in [1.54, 1.807) is 0 Å². The quantitative estimate of drug-likeness (QED) is 0.195. The lowest BCUT2D eigenvalue weighted by molar-refractivity contribution is -0.0261. The van der Waals surface area contributed by atoms with Crippen molar-refractivity contribution >= 4 is 11.8 Å². The summed E-state index contributed by atoms with van der Waals surface area (Å²) >= 11 is 0. The Balaban J connectivity index is 0.908. The van der Waals surface area contributed by atoms with E-state index in [9.17, 15) is 9.90 Å². The topological polar surface area (TPSA) is 65.0 Å². The second-order valence-electron chi connectivity index (χ2n) is 13.1. The van der Waals surface area contributed by atoms with Crippen LogP contribution in [0.4, 0.5) is 10.5 Å². The number of piperidine rings is 2. The molecule has 2 aliphatic rings. The SMILES string of the molecule is CC1(OC(=O)Nc2ccccc2-c2ccccc2)CCN(CCCCCCCCN2CCC(O)(c3ccccc3)CC2)CC1. The van der Waals surface area contributed by atoms with Gasteiger partial charge in [0.15, 0.2) is 0 Å². The molecule has 5 rings (SSSR count). The third kappa shape index (κ3) is 9.16. The van der Waals surface area contributed by atoms with Crippen molar-refractivity contribution in [1.82, 2.24) is 9.80 Å². The van der Waals surface area contributed by atoms with Gasteiger partial charge in [-0.1, -0.05) is 105 Å². The van der Waals surface area contributed by atoms with Gasteiger partial charge in [0.25, 0.3) is 0 Å². The van der Waals surface area contributed by atoms with E-state index in [0.29, 0.717) is 0 Å². The minimum atomic E-state index is -0.651. The number of nitrogens with zero attached hydrogens (tertiary/aromatic N) is 2. The van der Waals surface area contributed by atoms with Gasteiger partial charge in [-0.25, -0.2) is 4.79 Å². The van der Waals surface area contributed by atoms with Crippen LogP contribution in [0.2, 0.25) is 0 Å². The number of nitrogens with one attached hydrogen (secondary N) is 1. The minimum absolute atomic E-state index is 0.377. The Bertz CT molecular complexity index is 1280. The molecule has 3 aromatic rings. The van der Waals surface area contributed by atoms with Crippen molar-refractivity contribution in [3.05, 3.63) is 90.5 Å². The molecule has 0 radical (unpaired) electrons. The van der Waals surface area contributed by atoms with Gasteiger partial charge >= 0.3 is 6.09 Å². The molecular formula is C38H51N3O3. The molecule has 2 saturated heterocycles. The van der Waals surface area contributed by atoms with E-state index in [-0.39, 0.29) is 6.09 Å². The van der Waals surface area contributed by atoms with E-state index in [1.165, 1.54) is 38.5 Å². The highest BCUT2D eigenvalue weighted by Crippen LogP contribution is 2.33. The molecule has 2 aliphatic heterocycles. The van der Waals surface area contributed by atoms with Gasteiger partial charge in [0, 0.05) is 31.7 Å². The van der Waals surface area contributed by atoms with E-state index in [2.05, 4.69) is 34.2 Å². The molecule has 0 bridgehead atoms. The highest BCUT2D eigenvalue weighted by atomic mass is 16.6. The van der Waals surface area contributed by atoms with Crippen molar-refractivity contribution in [3.8, 4) is 11.1 Å². The first-order valence-electron chi connectivity index (χ1n) is 16.8. The zero-order valence-corrected chi connectivity index (χ0v) is 26.6. The molecule has 0 atom stereocenters. The van der Waals surface area contributed by atoms with Crippen molar-refractivity contribution in [2.45, 2.75) is 82.3 Å². The number of anilines is 1. The van der Waals surface area contributed by atoms with Crippen LogP contribution in [-0.4, -0.2) is 65.9 Å². The summed E-state index contributed by atoms with van der Waals surface area (Å²) in [4.78, 5) is 17.9. The summed E-state index contributed by atoms with van der Waals surface area (Å²) in [5, 5.41) is 14.0. The molecule has 0 aromatic heterocycles. The van der Waals surface area contributed by atoms with Gasteiger partial charge in [0.05, 0.1) is 11.3 Å². The van der Waals surface area contributed by atoms with Crippen molar-refractivity contribution < 1.29 is 14.6 Å². The number of likely N-dealkylation sites (tertiary alicyclic amines) is 2. The van der Waals surface area contributed by atoms with E-state index in [0.717, 1.165) is 87.3 Å². The number of amides is 1. The van der Waals surface area contributed by atoms with Crippen LogP contribution in [0.5, 0.6) is 0 Å². The summed E-state index contributed by atoms with van der Waals surface area (Å²) in [6.45, 7) is 8.26. The van der Waals surface area contributed by atoms with Gasteiger partial charge in [-0.05, 0) is 75.7 Å². The van der Waals surface area contributed by atoms with Crippen LogP contribution in [0.25, 0.3) is 11.1 Å². The molecule has 6 heteroatoms. The fraction of sp³-hybridized carbons (Fsp3) is 0.500. The molecule has 0 spiro atoms. The maximum absolute atomic E-state index is 12.9. The Kier molecular flexibility index (Phi) is 11.5. The number of hydrogen-bond acceptors (Lipinski definition) is 5. The zero-order valence-electron chi connectivity index (χ0n) is 26.6. The standard InChI is InChI=1S/C38H51N3O3/c1-37(44-36(42)39-35-21-13-12-20-34(35)32-16-8-6-9-17-32)22-28-40(29-23-37)26-14-4-2-3-5-15-27-41-30-24-38(43,25-31-41)33-18-10-7-11-19-33/h6-13,16-21,43H,2-5,14-15,22-31H2,1H3,(H,39,42). The van der Waals surface area contributed by atoms with E-state index >= 15 is 0 Å². The van der Waals surface area contributed by atoms with Crippen LogP contribution in [0.3, 0.4) is 0 Å². The largest absolute Gasteiger partial charge is 0.443 e. The molecule has 3 aromatic carbocycles. The molecular weight excluding hydrogens is 546 g/mol. The fourth-order valence-electron chi connectivity index (χ4n) is 6.73. The molecule has 2 heterocycles. The van der Waals surface area contributed by atoms with Gasteiger partial charge in [0.2, 0.25) is 0 Å². The van der Waals surface area contributed by atoms with Crippen LogP contribution >= 0.6 is 0 Å². The minimum Gasteiger partial charge on any atom is -0.443 e. The first-order chi connectivity index (χ1) is 21.4. The number of unbranched alkanes of at least 4 members (excludes halogenated alkanes) is 5. The van der Waals surface area contributed by atoms with Gasteiger partial charge in [-0.15, -0.1) is 0 Å². The predicted molar refractivity (Wildman–Crippen MR) is 180 cm³/mol. The monoisotopic (exact) mass is 597 g/mol. The van der Waals surface area contributed by atoms with E-state index < -0.39 is 11.2 Å². The summed E-state index contributed by atoms with van der Waals surface area (Å²) < 4.78 is 5.98. The fourth-order valence-corrected chi connectivity index (χ4v) is 6.73. The Morgan fingerprint density at radius 3 is 1.82 bits per heavy atom. The van der Waals surface area contributed by atoms with Crippen molar-refractivity contribution in [2.24, 2.45) is 0 Å². The number of para-hydroxylation sites is 1. The van der Waals surface area contributed by atoms with Crippen LogP contribution in [-0.2, 0) is 10.3 Å². The molecule has 1 amide bonds. The Morgan fingerprint density at radius 2 is 1.20 bits per heavy atom. The Labute approximate surface area is 264 Å². The Hall–Kier alpha value is -3.19. The van der Waals surface area contributed by atoms with Crippen molar-refractivity contribution in [3.63, 3.8) is 0 Å². The number of ether oxygens (including phenoxy) is 1. The number of aliphatic hydroxyl groups is 1. The molecule has 2 fully saturated rings. The summed E-state index contributed by atoms with van der Waals surface area (Å²) in [6.07, 6.45) is 10.7. The highest BCUT2D eigenvalue weighted by molar-refractivity contribution is 5.91. The number of carbonyl (C=O) groups excluding carboxylic acids is 1. The summed E-state index contributed by atoms with van der Waals surface area (Å²) in [7, 11) is 0.